The number of hydrogen-bond donors (Lipinski definition) is 1. The Morgan fingerprint density at radius 1 is 1.50 bits per heavy atom. The Labute approximate surface area is 120 Å². The van der Waals surface area contributed by atoms with Crippen molar-refractivity contribution in [1.29, 1.82) is 5.26 Å². The van der Waals surface area contributed by atoms with Crippen LogP contribution >= 0.6 is 27.5 Å². The van der Waals surface area contributed by atoms with E-state index in [1.807, 2.05) is 0 Å². The first kappa shape index (κ1) is 12.3. The SMILES string of the molecule is N#C[C@H]1CC[C@H]2c3c(ncc(Br)c3Cl)NCC2C1. The van der Waals surface area contributed by atoms with Gasteiger partial charge in [-0.3, -0.25) is 0 Å². The van der Waals surface area contributed by atoms with Crippen LogP contribution in [0.15, 0.2) is 10.7 Å². The number of halogens is 2. The molecule has 2 aliphatic rings. The molecule has 3 nitrogen and oxygen atoms in total. The van der Waals surface area contributed by atoms with Crippen molar-refractivity contribution in [2.75, 3.05) is 11.9 Å². The van der Waals surface area contributed by atoms with Crippen LogP contribution < -0.4 is 5.32 Å². The fourth-order valence-electron chi connectivity index (χ4n) is 3.17. The van der Waals surface area contributed by atoms with E-state index in [0.717, 1.165) is 46.7 Å². The van der Waals surface area contributed by atoms with E-state index < -0.39 is 0 Å². The van der Waals surface area contributed by atoms with Crippen LogP contribution in [0.25, 0.3) is 0 Å². The maximum atomic E-state index is 9.06. The van der Waals surface area contributed by atoms with E-state index in [2.05, 4.69) is 32.3 Å². The minimum Gasteiger partial charge on any atom is -0.369 e. The Kier molecular flexibility index (Phi) is 3.21. The molecule has 1 aromatic rings. The van der Waals surface area contributed by atoms with Crippen molar-refractivity contribution in [2.45, 2.75) is 25.2 Å². The number of anilines is 1. The number of fused-ring (bicyclic) bond motifs is 3. The molecule has 1 aliphatic carbocycles. The summed E-state index contributed by atoms with van der Waals surface area (Å²) in [7, 11) is 0. The summed E-state index contributed by atoms with van der Waals surface area (Å²) >= 11 is 9.85. The van der Waals surface area contributed by atoms with Crippen molar-refractivity contribution in [1.82, 2.24) is 4.98 Å². The Hall–Kier alpha value is -0.790. The molecule has 0 bridgehead atoms. The zero-order valence-electron chi connectivity index (χ0n) is 9.79. The predicted molar refractivity (Wildman–Crippen MR) is 74.6 cm³/mol. The maximum Gasteiger partial charge on any atom is 0.131 e. The quantitative estimate of drug-likeness (QED) is 0.785. The fraction of sp³-hybridized carbons (Fsp3) is 0.538. The number of pyridine rings is 1. The Morgan fingerprint density at radius 2 is 2.33 bits per heavy atom. The summed E-state index contributed by atoms with van der Waals surface area (Å²) in [6.45, 7) is 0.904. The Morgan fingerprint density at radius 3 is 3.11 bits per heavy atom. The van der Waals surface area contributed by atoms with Gasteiger partial charge in [-0.1, -0.05) is 11.6 Å². The maximum absolute atomic E-state index is 9.06. The molecule has 0 radical (unpaired) electrons. The third-order valence-corrected chi connectivity index (χ3v) is 5.31. The largest absolute Gasteiger partial charge is 0.369 e. The number of nitrogens with zero attached hydrogens (tertiary/aromatic N) is 2. The summed E-state index contributed by atoms with van der Waals surface area (Å²) in [5, 5.41) is 13.2. The van der Waals surface area contributed by atoms with Crippen molar-refractivity contribution in [3.05, 3.63) is 21.3 Å². The average molecular weight is 327 g/mol. The molecule has 1 aliphatic heterocycles. The summed E-state index contributed by atoms with van der Waals surface area (Å²) in [5.41, 5.74) is 1.14. The lowest BCUT2D eigenvalue weighted by atomic mass is 9.70. The molecular formula is C13H13BrClN3. The van der Waals surface area contributed by atoms with Crippen molar-refractivity contribution in [3.63, 3.8) is 0 Å². The topological polar surface area (TPSA) is 48.7 Å². The van der Waals surface area contributed by atoms with Gasteiger partial charge < -0.3 is 5.32 Å². The van der Waals surface area contributed by atoms with Gasteiger partial charge in [-0.15, -0.1) is 0 Å². The number of aromatic nitrogens is 1. The zero-order chi connectivity index (χ0) is 12.7. The van der Waals surface area contributed by atoms with Gasteiger partial charge in [0.2, 0.25) is 0 Å². The third kappa shape index (κ3) is 1.90. The highest BCUT2D eigenvalue weighted by Gasteiger charge is 2.37. The van der Waals surface area contributed by atoms with Crippen LogP contribution in [0.2, 0.25) is 5.02 Å². The van der Waals surface area contributed by atoms with Gasteiger partial charge in [-0.2, -0.15) is 5.26 Å². The second-order valence-corrected chi connectivity index (χ2v) is 6.30. The van der Waals surface area contributed by atoms with Crippen LogP contribution in [0.4, 0.5) is 5.82 Å². The normalized spacial score (nSPS) is 29.7. The van der Waals surface area contributed by atoms with Gasteiger partial charge in [0.15, 0.2) is 0 Å². The highest BCUT2D eigenvalue weighted by Crippen LogP contribution is 2.48. The van der Waals surface area contributed by atoms with E-state index in [-0.39, 0.29) is 5.92 Å². The third-order valence-electron chi connectivity index (χ3n) is 4.08. The van der Waals surface area contributed by atoms with Crippen LogP contribution in [0.1, 0.15) is 30.7 Å². The van der Waals surface area contributed by atoms with Crippen molar-refractivity contribution < 1.29 is 0 Å². The van der Waals surface area contributed by atoms with Crippen LogP contribution in [0, 0.1) is 23.2 Å². The molecule has 5 heteroatoms. The number of nitrogens with one attached hydrogen (secondary N) is 1. The van der Waals surface area contributed by atoms with Gasteiger partial charge in [0.25, 0.3) is 0 Å². The standard InChI is InChI=1S/C13H13BrClN3/c14-10-6-18-13-11(12(10)15)9-2-1-7(4-16)3-8(9)5-17-13/h6-9H,1-3,5H2,(H,17,18)/t7-,8?,9+/m0/s1. The van der Waals surface area contributed by atoms with Gasteiger partial charge in [-0.25, -0.2) is 4.98 Å². The molecule has 1 aromatic heterocycles. The molecule has 1 N–H and O–H groups in total. The molecule has 0 saturated heterocycles. The fourth-order valence-corrected chi connectivity index (χ4v) is 3.77. The van der Waals surface area contributed by atoms with E-state index in [4.69, 9.17) is 16.9 Å². The summed E-state index contributed by atoms with van der Waals surface area (Å²) in [5.74, 6) is 2.07. The van der Waals surface area contributed by atoms with Gasteiger partial charge in [-0.05, 0) is 47.0 Å². The van der Waals surface area contributed by atoms with E-state index in [1.165, 1.54) is 0 Å². The average Bonchev–Trinajstić information content (AvgIpc) is 2.41. The van der Waals surface area contributed by atoms with Crippen LogP contribution in [-0.4, -0.2) is 11.5 Å². The minimum absolute atomic E-state index is 0.202. The molecule has 18 heavy (non-hydrogen) atoms. The lowest BCUT2D eigenvalue weighted by Gasteiger charge is -2.39. The van der Waals surface area contributed by atoms with Gasteiger partial charge in [0, 0.05) is 24.2 Å². The van der Waals surface area contributed by atoms with Crippen LogP contribution in [-0.2, 0) is 0 Å². The summed E-state index contributed by atoms with van der Waals surface area (Å²) in [6, 6.07) is 2.40. The smallest absolute Gasteiger partial charge is 0.131 e. The molecular weight excluding hydrogens is 314 g/mol. The van der Waals surface area contributed by atoms with E-state index >= 15 is 0 Å². The molecule has 0 amide bonds. The van der Waals surface area contributed by atoms with E-state index in [9.17, 15) is 0 Å². The molecule has 1 saturated carbocycles. The molecule has 94 valence electrons. The second kappa shape index (κ2) is 4.71. The monoisotopic (exact) mass is 325 g/mol. The van der Waals surface area contributed by atoms with Gasteiger partial charge in [0.1, 0.15) is 5.82 Å². The van der Waals surface area contributed by atoms with Crippen molar-refractivity contribution in [3.8, 4) is 6.07 Å². The van der Waals surface area contributed by atoms with Crippen LogP contribution in [0.5, 0.6) is 0 Å². The van der Waals surface area contributed by atoms with Gasteiger partial charge >= 0.3 is 0 Å². The number of hydrogen-bond acceptors (Lipinski definition) is 3. The van der Waals surface area contributed by atoms with Crippen LogP contribution in [0.3, 0.4) is 0 Å². The molecule has 0 spiro atoms. The molecule has 1 unspecified atom stereocenters. The zero-order valence-corrected chi connectivity index (χ0v) is 12.1. The summed E-state index contributed by atoms with van der Waals surface area (Å²) < 4.78 is 0.854. The molecule has 1 fully saturated rings. The first-order valence-corrected chi connectivity index (χ1v) is 7.35. The lowest BCUT2D eigenvalue weighted by molar-refractivity contribution is 0.271. The first-order valence-electron chi connectivity index (χ1n) is 6.18. The highest BCUT2D eigenvalue weighted by atomic mass is 79.9. The summed E-state index contributed by atoms with van der Waals surface area (Å²) in [6.07, 6.45) is 4.72. The summed E-state index contributed by atoms with van der Waals surface area (Å²) in [4.78, 5) is 4.40. The molecule has 2 heterocycles. The predicted octanol–water partition coefficient (Wildman–Crippen LogP) is 3.95. The van der Waals surface area contributed by atoms with Gasteiger partial charge in [0.05, 0.1) is 15.6 Å². The Bertz CT molecular complexity index is 526. The molecule has 3 atom stereocenters. The van der Waals surface area contributed by atoms with E-state index in [1.54, 1.807) is 6.20 Å². The number of rotatable bonds is 0. The van der Waals surface area contributed by atoms with E-state index in [0.29, 0.717) is 11.8 Å². The Balaban J connectivity index is 1.99. The molecule has 3 rings (SSSR count). The first-order chi connectivity index (χ1) is 8.70. The van der Waals surface area contributed by atoms with Crippen molar-refractivity contribution >= 4 is 33.3 Å². The lowest BCUT2D eigenvalue weighted by Crippen LogP contribution is -2.33. The van der Waals surface area contributed by atoms with Crippen molar-refractivity contribution in [2.24, 2.45) is 11.8 Å². The second-order valence-electron chi connectivity index (χ2n) is 5.07. The highest BCUT2D eigenvalue weighted by molar-refractivity contribution is 9.10. The molecule has 0 aromatic carbocycles. The minimum atomic E-state index is 0.202. The number of nitriles is 1.